The van der Waals surface area contributed by atoms with Gasteiger partial charge in [-0.1, -0.05) is 12.1 Å². The number of benzene rings is 1. The Morgan fingerprint density at radius 3 is 2.68 bits per heavy atom. The number of guanidine groups is 1. The first-order valence-corrected chi connectivity index (χ1v) is 9.37. The van der Waals surface area contributed by atoms with E-state index >= 15 is 0 Å². The number of nitrogens with zero attached hydrogens (tertiary/aromatic N) is 2. The van der Waals surface area contributed by atoms with Crippen LogP contribution in [0.4, 0.5) is 13.2 Å². The molecule has 2 rings (SSSR count). The number of alkyl halides is 3. The predicted octanol–water partition coefficient (Wildman–Crippen LogP) is 3.70. The van der Waals surface area contributed by atoms with E-state index in [9.17, 15) is 13.2 Å². The lowest BCUT2D eigenvalue weighted by molar-refractivity contribution is -0.143. The van der Waals surface area contributed by atoms with Crippen LogP contribution >= 0.6 is 24.0 Å². The first-order chi connectivity index (χ1) is 12.8. The molecule has 1 atom stereocenters. The number of hydrogen-bond acceptors (Lipinski definition) is 3. The molecule has 1 heterocycles. The van der Waals surface area contributed by atoms with Crippen LogP contribution in [0.2, 0.25) is 0 Å². The van der Waals surface area contributed by atoms with Crippen LogP contribution in [0.15, 0.2) is 23.2 Å². The maximum atomic E-state index is 12.5. The molecule has 1 aliphatic rings. The Hall–Kier alpha value is -1.23. The molecule has 0 aliphatic carbocycles. The van der Waals surface area contributed by atoms with Crippen LogP contribution < -0.4 is 15.4 Å². The summed E-state index contributed by atoms with van der Waals surface area (Å²) in [6.07, 6.45) is -3.48. The normalized spacial score (nSPS) is 17.9. The third-order valence-corrected chi connectivity index (χ3v) is 4.32. The number of aryl methyl sites for hydroxylation is 1. The molecular weight excluding hydrogens is 484 g/mol. The summed E-state index contributed by atoms with van der Waals surface area (Å²) in [4.78, 5) is 6.00. The van der Waals surface area contributed by atoms with E-state index in [1.807, 2.05) is 39.0 Å². The van der Waals surface area contributed by atoms with E-state index in [2.05, 4.69) is 15.6 Å². The Morgan fingerprint density at radius 2 is 2.07 bits per heavy atom. The third-order valence-electron chi connectivity index (χ3n) is 4.32. The summed E-state index contributed by atoms with van der Waals surface area (Å²) in [5, 5.41) is 6.42. The van der Waals surface area contributed by atoms with E-state index in [4.69, 9.17) is 4.74 Å². The van der Waals surface area contributed by atoms with Crippen LogP contribution in [0.5, 0.6) is 5.75 Å². The van der Waals surface area contributed by atoms with Crippen LogP contribution in [0.1, 0.15) is 31.4 Å². The Kier molecular flexibility index (Phi) is 10.4. The molecular formula is C19H30F3IN4O. The van der Waals surface area contributed by atoms with E-state index < -0.39 is 12.7 Å². The molecule has 9 heteroatoms. The van der Waals surface area contributed by atoms with E-state index in [1.54, 1.807) is 0 Å². The van der Waals surface area contributed by atoms with E-state index in [0.29, 0.717) is 45.2 Å². The molecule has 0 aromatic heterocycles. The van der Waals surface area contributed by atoms with Gasteiger partial charge in [0.15, 0.2) is 5.96 Å². The van der Waals surface area contributed by atoms with Crippen molar-refractivity contribution in [3.8, 4) is 5.75 Å². The standard InChI is InChI=1S/C19H29F3N4O.HI/c1-4-23-18(25-16-8-9-26(12-16)13-19(20,21)22)24-11-15-6-7-17(27-5-2)14(3)10-15;/h6-7,10,16H,4-5,8-9,11-13H2,1-3H3,(H2,23,24,25);1H. The summed E-state index contributed by atoms with van der Waals surface area (Å²) in [5.74, 6) is 1.49. The van der Waals surface area contributed by atoms with Crippen molar-refractivity contribution in [1.29, 1.82) is 0 Å². The van der Waals surface area contributed by atoms with E-state index in [1.165, 1.54) is 4.90 Å². The van der Waals surface area contributed by atoms with Crippen molar-refractivity contribution in [2.45, 2.75) is 46.0 Å². The maximum Gasteiger partial charge on any atom is 0.401 e. The number of nitrogens with one attached hydrogen (secondary N) is 2. The highest BCUT2D eigenvalue weighted by Crippen LogP contribution is 2.21. The summed E-state index contributed by atoms with van der Waals surface area (Å²) in [6, 6.07) is 5.92. The number of rotatable bonds is 7. The second kappa shape index (κ2) is 11.7. The minimum Gasteiger partial charge on any atom is -0.494 e. The van der Waals surface area contributed by atoms with Crippen molar-refractivity contribution in [1.82, 2.24) is 15.5 Å². The minimum atomic E-state index is -4.15. The summed E-state index contributed by atoms with van der Waals surface area (Å²) in [5.41, 5.74) is 2.11. The molecule has 1 aromatic rings. The van der Waals surface area contributed by atoms with Gasteiger partial charge in [0.05, 0.1) is 19.7 Å². The van der Waals surface area contributed by atoms with Crippen molar-refractivity contribution in [2.24, 2.45) is 4.99 Å². The zero-order chi connectivity index (χ0) is 19.9. The van der Waals surface area contributed by atoms with Crippen molar-refractivity contribution in [2.75, 3.05) is 32.8 Å². The Labute approximate surface area is 182 Å². The molecule has 1 fully saturated rings. The van der Waals surface area contributed by atoms with Gasteiger partial charge in [-0.3, -0.25) is 4.90 Å². The second-order valence-corrected chi connectivity index (χ2v) is 6.71. The molecule has 0 bridgehead atoms. The van der Waals surface area contributed by atoms with Crippen LogP contribution in [-0.4, -0.2) is 55.9 Å². The molecule has 0 saturated carbocycles. The fourth-order valence-corrected chi connectivity index (χ4v) is 3.16. The van der Waals surface area contributed by atoms with Gasteiger partial charge in [0, 0.05) is 25.7 Å². The zero-order valence-corrected chi connectivity index (χ0v) is 18.9. The molecule has 5 nitrogen and oxygen atoms in total. The first-order valence-electron chi connectivity index (χ1n) is 9.37. The number of halogens is 4. The SMILES string of the molecule is CCNC(=NCc1ccc(OCC)c(C)c1)NC1CCN(CC(F)(F)F)C1.I. The van der Waals surface area contributed by atoms with Gasteiger partial charge in [-0.25, -0.2) is 4.99 Å². The smallest absolute Gasteiger partial charge is 0.401 e. The Balaban J connectivity index is 0.00000392. The minimum absolute atomic E-state index is 0. The molecule has 2 N–H and O–H groups in total. The average Bonchev–Trinajstić information content (AvgIpc) is 3.00. The molecule has 1 aliphatic heterocycles. The van der Waals surface area contributed by atoms with Crippen LogP contribution in [0, 0.1) is 6.92 Å². The lowest BCUT2D eigenvalue weighted by Crippen LogP contribution is -2.45. The number of likely N-dealkylation sites (tertiary alicyclic amines) is 1. The molecule has 0 radical (unpaired) electrons. The van der Waals surface area contributed by atoms with Gasteiger partial charge in [-0.15, -0.1) is 24.0 Å². The Bertz CT molecular complexity index is 640. The summed E-state index contributed by atoms with van der Waals surface area (Å²) in [6.45, 7) is 7.66. The average molecular weight is 514 g/mol. The first kappa shape index (κ1) is 24.8. The fourth-order valence-electron chi connectivity index (χ4n) is 3.16. The van der Waals surface area contributed by atoms with Gasteiger partial charge < -0.3 is 15.4 Å². The molecule has 160 valence electrons. The van der Waals surface area contributed by atoms with E-state index in [0.717, 1.165) is 16.9 Å². The summed E-state index contributed by atoms with van der Waals surface area (Å²) < 4.78 is 43.1. The molecule has 1 unspecified atom stereocenters. The van der Waals surface area contributed by atoms with Gasteiger partial charge >= 0.3 is 6.18 Å². The molecule has 1 saturated heterocycles. The lowest BCUT2D eigenvalue weighted by Gasteiger charge is -2.19. The highest BCUT2D eigenvalue weighted by molar-refractivity contribution is 14.0. The van der Waals surface area contributed by atoms with Gasteiger partial charge in [0.2, 0.25) is 0 Å². The lowest BCUT2D eigenvalue weighted by atomic mass is 10.1. The topological polar surface area (TPSA) is 48.9 Å². The molecule has 0 spiro atoms. The van der Waals surface area contributed by atoms with Gasteiger partial charge in [-0.05, 0) is 44.4 Å². The summed E-state index contributed by atoms with van der Waals surface area (Å²) in [7, 11) is 0. The zero-order valence-electron chi connectivity index (χ0n) is 16.6. The molecule has 28 heavy (non-hydrogen) atoms. The quantitative estimate of drug-likeness (QED) is 0.331. The largest absolute Gasteiger partial charge is 0.494 e. The van der Waals surface area contributed by atoms with Crippen molar-refractivity contribution in [3.63, 3.8) is 0 Å². The number of aliphatic imine (C=N–C) groups is 1. The van der Waals surface area contributed by atoms with Crippen LogP contribution in [0.3, 0.4) is 0 Å². The monoisotopic (exact) mass is 514 g/mol. The number of ether oxygens (including phenoxy) is 1. The van der Waals surface area contributed by atoms with Gasteiger partial charge in [-0.2, -0.15) is 13.2 Å². The van der Waals surface area contributed by atoms with Crippen molar-refractivity contribution in [3.05, 3.63) is 29.3 Å². The van der Waals surface area contributed by atoms with Crippen molar-refractivity contribution >= 4 is 29.9 Å². The summed E-state index contributed by atoms with van der Waals surface area (Å²) >= 11 is 0. The van der Waals surface area contributed by atoms with Gasteiger partial charge in [0.25, 0.3) is 0 Å². The van der Waals surface area contributed by atoms with Gasteiger partial charge in [0.1, 0.15) is 5.75 Å². The maximum absolute atomic E-state index is 12.5. The Morgan fingerprint density at radius 1 is 1.32 bits per heavy atom. The number of hydrogen-bond donors (Lipinski definition) is 2. The van der Waals surface area contributed by atoms with Crippen molar-refractivity contribution < 1.29 is 17.9 Å². The third kappa shape index (κ3) is 8.42. The highest BCUT2D eigenvalue weighted by atomic mass is 127. The molecule has 1 aromatic carbocycles. The van der Waals surface area contributed by atoms with Crippen LogP contribution in [0.25, 0.3) is 0 Å². The molecule has 0 amide bonds. The fraction of sp³-hybridized carbons (Fsp3) is 0.632. The predicted molar refractivity (Wildman–Crippen MR) is 117 cm³/mol. The highest BCUT2D eigenvalue weighted by Gasteiger charge is 2.34. The van der Waals surface area contributed by atoms with E-state index in [-0.39, 0.29) is 30.0 Å². The second-order valence-electron chi connectivity index (χ2n) is 6.71. The van der Waals surface area contributed by atoms with Crippen LogP contribution in [-0.2, 0) is 6.54 Å².